The lowest BCUT2D eigenvalue weighted by Crippen LogP contribution is -2.37. The highest BCUT2D eigenvalue weighted by Crippen LogP contribution is 2.39. The molecule has 2 atom stereocenters. The third-order valence-electron chi connectivity index (χ3n) is 7.31. The van der Waals surface area contributed by atoms with E-state index in [-0.39, 0.29) is 23.8 Å². The van der Waals surface area contributed by atoms with Gasteiger partial charge in [-0.25, -0.2) is 9.37 Å². The number of likely N-dealkylation sites (N-methyl/N-ethyl adjacent to an activating group) is 1. The van der Waals surface area contributed by atoms with Crippen LogP contribution in [-0.2, 0) is 4.74 Å². The quantitative estimate of drug-likeness (QED) is 0.575. The van der Waals surface area contributed by atoms with Crippen LogP contribution in [0.3, 0.4) is 0 Å². The van der Waals surface area contributed by atoms with E-state index in [1.165, 1.54) is 6.21 Å². The number of aliphatic imine (C=N–C) groups is 1. The topological polar surface area (TPSA) is 86.2 Å². The second-order valence-electron chi connectivity index (χ2n) is 10.2. The van der Waals surface area contributed by atoms with Crippen molar-refractivity contribution in [3.05, 3.63) is 41.4 Å². The summed E-state index contributed by atoms with van der Waals surface area (Å²) in [6, 6.07) is 3.76. The molecule has 1 amide bonds. The molecule has 1 aromatic heterocycles. The van der Waals surface area contributed by atoms with Crippen LogP contribution in [0.5, 0.6) is 0 Å². The van der Waals surface area contributed by atoms with E-state index in [1.807, 2.05) is 45.0 Å². The maximum Gasteiger partial charge on any atom is 0.251 e. The van der Waals surface area contributed by atoms with Gasteiger partial charge in [-0.05, 0) is 63.7 Å². The summed E-state index contributed by atoms with van der Waals surface area (Å²) in [5.74, 6) is 0.405. The van der Waals surface area contributed by atoms with E-state index in [4.69, 9.17) is 14.7 Å². The van der Waals surface area contributed by atoms with Crippen molar-refractivity contribution >= 4 is 29.0 Å². The van der Waals surface area contributed by atoms with E-state index in [0.717, 1.165) is 62.3 Å². The van der Waals surface area contributed by atoms with E-state index in [1.54, 1.807) is 12.3 Å². The van der Waals surface area contributed by atoms with Crippen LogP contribution in [0, 0.1) is 0 Å². The van der Waals surface area contributed by atoms with Crippen molar-refractivity contribution in [2.75, 3.05) is 71.5 Å². The van der Waals surface area contributed by atoms with Crippen molar-refractivity contribution in [2.24, 2.45) is 4.99 Å². The van der Waals surface area contributed by atoms with Crippen LogP contribution >= 0.6 is 0 Å². The summed E-state index contributed by atoms with van der Waals surface area (Å²) in [4.78, 5) is 33.7. The number of nitrogens with one attached hydrogen (secondary N) is 1. The molecule has 39 heavy (non-hydrogen) atoms. The zero-order valence-electron chi connectivity index (χ0n) is 23.7. The number of carbonyl (C=O) groups is 1. The van der Waals surface area contributed by atoms with Crippen LogP contribution in [0.25, 0.3) is 11.0 Å². The Labute approximate surface area is 231 Å². The first kappa shape index (κ1) is 29.0. The molecule has 1 aromatic carbocycles. The largest absolute Gasteiger partial charge is 0.378 e. The van der Waals surface area contributed by atoms with Crippen LogP contribution in [0.15, 0.2) is 35.2 Å². The van der Waals surface area contributed by atoms with Gasteiger partial charge in [0.2, 0.25) is 0 Å². The van der Waals surface area contributed by atoms with Crippen molar-refractivity contribution in [3.63, 3.8) is 0 Å². The van der Waals surface area contributed by atoms with Crippen LogP contribution in [0.1, 0.15) is 55.1 Å². The third-order valence-corrected chi connectivity index (χ3v) is 7.31. The van der Waals surface area contributed by atoms with Gasteiger partial charge in [-0.15, -0.1) is 0 Å². The highest BCUT2D eigenvalue weighted by Gasteiger charge is 2.33. The van der Waals surface area contributed by atoms with Gasteiger partial charge in [0.05, 0.1) is 36.7 Å². The maximum atomic E-state index is 14.3. The molecular weight excluding hydrogens is 497 g/mol. The van der Waals surface area contributed by atoms with Gasteiger partial charge in [0.15, 0.2) is 0 Å². The molecule has 5 rings (SSSR count). The van der Waals surface area contributed by atoms with E-state index in [0.29, 0.717) is 37.4 Å². The molecule has 3 aliphatic heterocycles. The zero-order valence-corrected chi connectivity index (χ0v) is 23.7. The molecule has 4 heterocycles. The van der Waals surface area contributed by atoms with Gasteiger partial charge in [0.1, 0.15) is 11.6 Å². The number of nitrogens with zero attached hydrogens (tertiary/aromatic N) is 6. The molecule has 212 valence electrons. The Morgan fingerprint density at radius 2 is 1.97 bits per heavy atom. The van der Waals surface area contributed by atoms with Crippen molar-refractivity contribution < 1.29 is 13.9 Å². The number of likely N-dealkylation sites (tertiary alicyclic amines) is 1. The maximum absolute atomic E-state index is 14.3. The van der Waals surface area contributed by atoms with Gasteiger partial charge < -0.3 is 19.9 Å². The molecule has 2 unspecified atom stereocenters. The Morgan fingerprint density at radius 1 is 1.18 bits per heavy atom. The van der Waals surface area contributed by atoms with Crippen LogP contribution in [0.2, 0.25) is 0 Å². The Balaban J connectivity index is 0.00000172. The minimum absolute atomic E-state index is 0.0124. The molecule has 1 N–H and O–H groups in total. The molecule has 0 spiro atoms. The second kappa shape index (κ2) is 13.9. The number of rotatable bonds is 7. The Hall–Kier alpha value is -2.95. The van der Waals surface area contributed by atoms with Crippen LogP contribution in [-0.4, -0.2) is 105 Å². The SMILES string of the molecule is CC.CN(C)CCNC(=O)c1cc(C2CCCN2C2C=C(F)C=NCC2)c2nc(N3CCOCC3)cnc2c1. The number of fused-ring (bicyclic) bond motifs is 1. The number of amides is 1. The lowest BCUT2D eigenvalue weighted by Gasteiger charge is -2.32. The van der Waals surface area contributed by atoms with Crippen molar-refractivity contribution in [3.8, 4) is 0 Å². The highest BCUT2D eigenvalue weighted by molar-refractivity contribution is 5.98. The first-order valence-electron chi connectivity index (χ1n) is 14.2. The highest BCUT2D eigenvalue weighted by atomic mass is 19.1. The number of ether oxygens (including phenoxy) is 1. The molecule has 0 radical (unpaired) electrons. The van der Waals surface area contributed by atoms with E-state index in [2.05, 4.69) is 20.1 Å². The number of halogens is 1. The fraction of sp³-hybridized carbons (Fsp3) is 0.586. The Bertz CT molecular complexity index is 1180. The summed E-state index contributed by atoms with van der Waals surface area (Å²) >= 11 is 0. The minimum atomic E-state index is -0.290. The normalized spacial score (nSPS) is 21.9. The summed E-state index contributed by atoms with van der Waals surface area (Å²) in [5.41, 5.74) is 3.06. The van der Waals surface area contributed by atoms with Crippen molar-refractivity contribution in [2.45, 2.75) is 45.2 Å². The average molecular weight is 540 g/mol. The minimum Gasteiger partial charge on any atom is -0.378 e. The smallest absolute Gasteiger partial charge is 0.251 e. The summed E-state index contributed by atoms with van der Waals surface area (Å²) < 4.78 is 19.8. The monoisotopic (exact) mass is 539 g/mol. The molecular formula is C29H42FN7O2. The summed E-state index contributed by atoms with van der Waals surface area (Å²) in [6.45, 7) is 9.63. The fourth-order valence-electron chi connectivity index (χ4n) is 5.41. The van der Waals surface area contributed by atoms with Crippen LogP contribution < -0.4 is 10.2 Å². The van der Waals surface area contributed by atoms with Gasteiger partial charge in [-0.1, -0.05) is 13.8 Å². The first-order valence-corrected chi connectivity index (χ1v) is 14.2. The predicted octanol–water partition coefficient (Wildman–Crippen LogP) is 3.62. The van der Waals surface area contributed by atoms with E-state index >= 15 is 0 Å². The number of aromatic nitrogens is 2. The molecule has 3 aliphatic rings. The number of allylic oxidation sites excluding steroid dienone is 1. The fourth-order valence-corrected chi connectivity index (χ4v) is 5.41. The molecule has 2 saturated heterocycles. The molecule has 9 nitrogen and oxygen atoms in total. The van der Waals surface area contributed by atoms with Gasteiger partial charge >= 0.3 is 0 Å². The van der Waals surface area contributed by atoms with Crippen LogP contribution in [0.4, 0.5) is 10.2 Å². The Kier molecular flexibility index (Phi) is 10.4. The lowest BCUT2D eigenvalue weighted by molar-refractivity contribution is 0.0951. The first-order chi connectivity index (χ1) is 19.0. The molecule has 0 bridgehead atoms. The number of carbonyl (C=O) groups excluding carboxylic acids is 1. The molecule has 0 saturated carbocycles. The zero-order chi connectivity index (χ0) is 27.8. The number of hydrogen-bond acceptors (Lipinski definition) is 8. The molecule has 2 aromatic rings. The standard InChI is InChI=1S/C27H36FN7O2.C2H6/c1-33(2)9-7-30-27(36)19-14-22(24-4-3-8-35(24)21-5-6-29-17-20(28)16-21)26-23(15-19)31-18-25(32-26)34-10-12-37-13-11-34;1-2/h14-18,21,24H,3-13H2,1-2H3,(H,30,36);1-2H3. The van der Waals surface area contributed by atoms with Crippen molar-refractivity contribution in [1.82, 2.24) is 25.1 Å². The number of morpholine rings is 1. The van der Waals surface area contributed by atoms with Gasteiger partial charge in [0.25, 0.3) is 5.91 Å². The number of hydrogen-bond donors (Lipinski definition) is 1. The molecule has 10 heteroatoms. The third kappa shape index (κ3) is 7.17. The summed E-state index contributed by atoms with van der Waals surface area (Å²) in [7, 11) is 3.96. The molecule has 0 aliphatic carbocycles. The number of anilines is 1. The van der Waals surface area contributed by atoms with Crippen molar-refractivity contribution in [1.29, 1.82) is 0 Å². The molecule has 2 fully saturated rings. The second-order valence-corrected chi connectivity index (χ2v) is 10.2. The Morgan fingerprint density at radius 3 is 2.74 bits per heavy atom. The lowest BCUT2D eigenvalue weighted by atomic mass is 9.97. The van der Waals surface area contributed by atoms with Gasteiger partial charge in [0, 0.05) is 50.4 Å². The van der Waals surface area contributed by atoms with Gasteiger partial charge in [-0.3, -0.25) is 19.7 Å². The van der Waals surface area contributed by atoms with E-state index in [9.17, 15) is 9.18 Å². The number of benzene rings is 1. The average Bonchev–Trinajstić information content (AvgIpc) is 3.34. The predicted molar refractivity (Wildman–Crippen MR) is 154 cm³/mol. The summed E-state index contributed by atoms with van der Waals surface area (Å²) in [6.07, 6.45) is 7.46. The summed E-state index contributed by atoms with van der Waals surface area (Å²) in [5, 5.41) is 3.02. The van der Waals surface area contributed by atoms with Gasteiger partial charge in [-0.2, -0.15) is 0 Å². The van der Waals surface area contributed by atoms with E-state index < -0.39 is 0 Å².